The van der Waals surface area contributed by atoms with Gasteiger partial charge in [-0.2, -0.15) is 0 Å². The second-order valence-corrected chi connectivity index (χ2v) is 6.63. The van der Waals surface area contributed by atoms with Crippen molar-refractivity contribution in [3.8, 4) is 0 Å². The van der Waals surface area contributed by atoms with Crippen LogP contribution in [0.2, 0.25) is 0 Å². The molecule has 0 aliphatic carbocycles. The number of benzene rings is 2. The average molecular weight is 357 g/mol. The fourth-order valence-electron chi connectivity index (χ4n) is 2.64. The first kappa shape index (κ1) is 19.0. The molecule has 0 unspecified atom stereocenters. The van der Waals surface area contributed by atoms with Crippen LogP contribution in [0.3, 0.4) is 0 Å². The van der Waals surface area contributed by atoms with E-state index in [1.165, 1.54) is 18.6 Å². The summed E-state index contributed by atoms with van der Waals surface area (Å²) in [5.41, 5.74) is 0.563. The predicted molar refractivity (Wildman–Crippen MR) is 81.9 cm³/mol. The minimum Gasteiger partial charge on any atom is -0.744 e. The first-order valence-corrected chi connectivity index (χ1v) is 8.61. The van der Waals surface area contributed by atoms with Gasteiger partial charge in [0.1, 0.15) is 10.1 Å². The Labute approximate surface area is 178 Å². The molecule has 0 N–H and O–H groups in total. The fraction of sp³-hybridized carbons (Fsp3) is 0.333. The summed E-state index contributed by atoms with van der Waals surface area (Å²) < 4.78 is 34.0. The monoisotopic (exact) mass is 357 g/mol. The van der Waals surface area contributed by atoms with Crippen molar-refractivity contribution < 1.29 is 64.4 Å². The van der Waals surface area contributed by atoms with E-state index in [-0.39, 0.29) is 56.3 Å². The first-order chi connectivity index (χ1) is 10.6. The van der Waals surface area contributed by atoms with Crippen molar-refractivity contribution in [3.05, 3.63) is 36.4 Å². The van der Waals surface area contributed by atoms with Crippen molar-refractivity contribution in [2.45, 2.75) is 24.2 Å². The maximum Gasteiger partial charge on any atom is 1.00 e. The van der Waals surface area contributed by atoms with E-state index in [1.54, 1.807) is 24.3 Å². The molecule has 0 saturated carbocycles. The average Bonchev–Trinajstić information content (AvgIpc) is 2.52. The molecule has 1 heterocycles. The molecule has 0 atom stereocenters. The predicted octanol–water partition coefficient (Wildman–Crippen LogP) is 0.233. The SMILES string of the molecule is O=S(=O)([O-])c1ccc(N=NN2CCCCC2)c2ccccc12.[K+]. The second-order valence-electron chi connectivity index (χ2n) is 5.29. The normalized spacial score (nSPS) is 15.8. The molecule has 0 spiro atoms. The Morgan fingerprint density at radius 3 is 2.26 bits per heavy atom. The molecule has 2 aromatic carbocycles. The number of hydrogen-bond donors (Lipinski definition) is 0. The zero-order valence-corrected chi connectivity index (χ0v) is 16.9. The third-order valence-electron chi connectivity index (χ3n) is 3.74. The summed E-state index contributed by atoms with van der Waals surface area (Å²) in [6, 6.07) is 9.66. The summed E-state index contributed by atoms with van der Waals surface area (Å²) in [6.45, 7) is 1.77. The van der Waals surface area contributed by atoms with E-state index in [1.807, 2.05) is 5.01 Å². The summed E-state index contributed by atoms with van der Waals surface area (Å²) in [5, 5.41) is 11.4. The minimum absolute atomic E-state index is 0. The molecule has 116 valence electrons. The third-order valence-corrected chi connectivity index (χ3v) is 4.64. The van der Waals surface area contributed by atoms with Crippen molar-refractivity contribution in [3.63, 3.8) is 0 Å². The molecular weight excluding hydrogens is 341 g/mol. The fourth-order valence-corrected chi connectivity index (χ4v) is 3.32. The van der Waals surface area contributed by atoms with E-state index in [4.69, 9.17) is 0 Å². The molecule has 0 bridgehead atoms. The van der Waals surface area contributed by atoms with Gasteiger partial charge in [0.25, 0.3) is 0 Å². The first-order valence-electron chi connectivity index (χ1n) is 7.20. The quantitative estimate of drug-likeness (QED) is 0.447. The largest absolute Gasteiger partial charge is 1.00 e. The third kappa shape index (κ3) is 4.59. The molecule has 1 saturated heterocycles. The molecular formula is C15H16KN3O3S. The Balaban J connectivity index is 0.00000192. The molecule has 23 heavy (non-hydrogen) atoms. The van der Waals surface area contributed by atoms with Gasteiger partial charge in [0.15, 0.2) is 0 Å². The van der Waals surface area contributed by atoms with E-state index in [0.717, 1.165) is 25.9 Å². The van der Waals surface area contributed by atoms with Gasteiger partial charge < -0.3 is 4.55 Å². The zero-order valence-electron chi connectivity index (χ0n) is 13.0. The Morgan fingerprint density at radius 1 is 0.957 bits per heavy atom. The van der Waals surface area contributed by atoms with Crippen LogP contribution in [0.4, 0.5) is 5.69 Å². The molecule has 0 radical (unpaired) electrons. The molecule has 1 fully saturated rings. The van der Waals surface area contributed by atoms with Crippen LogP contribution in [0.5, 0.6) is 0 Å². The molecule has 8 heteroatoms. The Hall–Kier alpha value is -0.354. The number of rotatable bonds is 3. The van der Waals surface area contributed by atoms with E-state index in [2.05, 4.69) is 10.3 Å². The van der Waals surface area contributed by atoms with Crippen LogP contribution in [0.1, 0.15) is 19.3 Å². The smallest absolute Gasteiger partial charge is 0.744 e. The van der Waals surface area contributed by atoms with Gasteiger partial charge >= 0.3 is 51.4 Å². The van der Waals surface area contributed by atoms with Crippen LogP contribution < -0.4 is 51.4 Å². The van der Waals surface area contributed by atoms with E-state index in [0.29, 0.717) is 16.5 Å². The van der Waals surface area contributed by atoms with Gasteiger partial charge in [-0.3, -0.25) is 5.01 Å². The summed E-state index contributed by atoms with van der Waals surface area (Å²) in [7, 11) is -4.51. The van der Waals surface area contributed by atoms with Crippen molar-refractivity contribution >= 4 is 26.6 Å². The van der Waals surface area contributed by atoms with Crippen LogP contribution >= 0.6 is 0 Å². The Morgan fingerprint density at radius 2 is 1.61 bits per heavy atom. The molecule has 0 aromatic heterocycles. The summed E-state index contributed by atoms with van der Waals surface area (Å²) in [5.74, 6) is 0. The van der Waals surface area contributed by atoms with Crippen LogP contribution in [0.15, 0.2) is 51.6 Å². The van der Waals surface area contributed by atoms with Crippen LogP contribution in [0, 0.1) is 0 Å². The second kappa shape index (κ2) is 8.15. The zero-order chi connectivity index (χ0) is 15.6. The van der Waals surface area contributed by atoms with Gasteiger partial charge in [0, 0.05) is 23.9 Å². The number of hydrogen-bond acceptors (Lipinski definition) is 5. The van der Waals surface area contributed by atoms with Gasteiger partial charge in [-0.25, -0.2) is 8.42 Å². The van der Waals surface area contributed by atoms with Crippen molar-refractivity contribution in [1.29, 1.82) is 0 Å². The maximum absolute atomic E-state index is 11.3. The Bertz CT molecular complexity index is 818. The Kier molecular flexibility index (Phi) is 6.73. The van der Waals surface area contributed by atoms with Gasteiger partial charge in [-0.05, 0) is 31.4 Å². The van der Waals surface area contributed by atoms with Gasteiger partial charge in [-0.15, -0.1) is 5.11 Å². The van der Waals surface area contributed by atoms with Crippen LogP contribution in [0.25, 0.3) is 10.8 Å². The molecule has 0 amide bonds. The van der Waals surface area contributed by atoms with E-state index < -0.39 is 10.1 Å². The summed E-state index contributed by atoms with van der Waals surface area (Å²) in [6.07, 6.45) is 3.42. The number of nitrogens with zero attached hydrogens (tertiary/aromatic N) is 3. The molecule has 1 aliphatic heterocycles. The minimum atomic E-state index is -4.51. The molecule has 3 rings (SSSR count). The van der Waals surface area contributed by atoms with Gasteiger partial charge in [0.05, 0.1) is 10.6 Å². The van der Waals surface area contributed by atoms with Gasteiger partial charge in [0.2, 0.25) is 0 Å². The van der Waals surface area contributed by atoms with Crippen LogP contribution in [-0.4, -0.2) is 31.1 Å². The van der Waals surface area contributed by atoms with Crippen LogP contribution in [-0.2, 0) is 10.1 Å². The standard InChI is InChI=1S/C15H17N3O3S.K/c19-22(20,21)15-9-8-14(12-6-2-3-7-13(12)15)16-17-18-10-4-1-5-11-18;/h2-3,6-9H,1,4-5,10-11H2,(H,19,20,21);/q;+1/p-1. The van der Waals surface area contributed by atoms with Crippen molar-refractivity contribution in [2.24, 2.45) is 10.3 Å². The summed E-state index contributed by atoms with van der Waals surface area (Å²) in [4.78, 5) is -0.222. The molecule has 1 aliphatic rings. The number of fused-ring (bicyclic) bond motifs is 1. The molecule has 2 aromatic rings. The topological polar surface area (TPSA) is 85.2 Å². The number of piperidine rings is 1. The maximum atomic E-state index is 11.3. The van der Waals surface area contributed by atoms with E-state index >= 15 is 0 Å². The van der Waals surface area contributed by atoms with Crippen molar-refractivity contribution in [1.82, 2.24) is 5.01 Å². The van der Waals surface area contributed by atoms with Crippen molar-refractivity contribution in [2.75, 3.05) is 13.1 Å². The van der Waals surface area contributed by atoms with Gasteiger partial charge in [-0.1, -0.05) is 29.5 Å². The van der Waals surface area contributed by atoms with E-state index in [9.17, 15) is 13.0 Å². The summed E-state index contributed by atoms with van der Waals surface area (Å²) >= 11 is 0. The molecule has 6 nitrogen and oxygen atoms in total.